The second-order valence-electron chi connectivity index (χ2n) is 6.98. The van der Waals surface area contributed by atoms with Crippen molar-refractivity contribution in [1.29, 1.82) is 0 Å². The van der Waals surface area contributed by atoms with E-state index >= 15 is 0 Å². The number of pyridine rings is 1. The molecule has 0 saturated heterocycles. The van der Waals surface area contributed by atoms with E-state index in [1.807, 2.05) is 35.9 Å². The molecule has 0 atom stereocenters. The SMILES string of the molecule is CCCCCCC#Cc1cncc(-c2nnc(SCc3ccc(Cl)c(Cl)c3)n2C)c1. The second-order valence-corrected chi connectivity index (χ2v) is 8.73. The van der Waals surface area contributed by atoms with Gasteiger partial charge in [0.15, 0.2) is 11.0 Å². The lowest BCUT2D eigenvalue weighted by Crippen LogP contribution is -1.96. The summed E-state index contributed by atoms with van der Waals surface area (Å²) >= 11 is 13.7. The van der Waals surface area contributed by atoms with Gasteiger partial charge >= 0.3 is 0 Å². The molecule has 2 heterocycles. The van der Waals surface area contributed by atoms with Crippen LogP contribution in [0.5, 0.6) is 0 Å². The van der Waals surface area contributed by atoms with E-state index in [4.69, 9.17) is 23.2 Å². The van der Waals surface area contributed by atoms with E-state index in [2.05, 4.69) is 33.9 Å². The number of unbranched alkanes of at least 4 members (excludes halogenated alkanes) is 4. The van der Waals surface area contributed by atoms with E-state index in [9.17, 15) is 0 Å². The predicted molar refractivity (Wildman–Crippen MR) is 126 cm³/mol. The fraction of sp³-hybridized carbons (Fsp3) is 0.348. The Hall–Kier alpha value is -2.00. The molecule has 2 aromatic heterocycles. The van der Waals surface area contributed by atoms with Crippen LogP contribution in [0.25, 0.3) is 11.4 Å². The summed E-state index contributed by atoms with van der Waals surface area (Å²) in [5.41, 5.74) is 2.89. The monoisotopic (exact) mass is 458 g/mol. The summed E-state index contributed by atoms with van der Waals surface area (Å²) in [4.78, 5) is 4.33. The van der Waals surface area contributed by atoms with Crippen molar-refractivity contribution in [3.05, 3.63) is 57.8 Å². The highest BCUT2D eigenvalue weighted by molar-refractivity contribution is 7.98. The summed E-state index contributed by atoms with van der Waals surface area (Å²) in [6.45, 7) is 2.21. The van der Waals surface area contributed by atoms with Crippen molar-refractivity contribution in [1.82, 2.24) is 19.7 Å². The Morgan fingerprint density at radius 2 is 1.90 bits per heavy atom. The molecule has 0 fully saturated rings. The summed E-state index contributed by atoms with van der Waals surface area (Å²) < 4.78 is 1.97. The summed E-state index contributed by atoms with van der Waals surface area (Å²) in [5, 5.41) is 10.6. The lowest BCUT2D eigenvalue weighted by molar-refractivity contribution is 0.679. The smallest absolute Gasteiger partial charge is 0.191 e. The molecule has 0 spiro atoms. The minimum atomic E-state index is 0.558. The predicted octanol–water partition coefficient (Wildman–Crippen LogP) is 6.80. The van der Waals surface area contributed by atoms with Gasteiger partial charge in [-0.3, -0.25) is 4.98 Å². The van der Waals surface area contributed by atoms with Crippen molar-refractivity contribution in [3.63, 3.8) is 0 Å². The maximum absolute atomic E-state index is 6.10. The molecule has 0 aliphatic heterocycles. The summed E-state index contributed by atoms with van der Waals surface area (Å²) in [6.07, 6.45) is 9.41. The van der Waals surface area contributed by atoms with Crippen molar-refractivity contribution >= 4 is 35.0 Å². The maximum atomic E-state index is 6.10. The molecular weight excluding hydrogens is 435 g/mol. The highest BCUT2D eigenvalue weighted by atomic mass is 35.5. The van der Waals surface area contributed by atoms with E-state index in [0.717, 1.165) is 46.3 Å². The van der Waals surface area contributed by atoms with Gasteiger partial charge in [-0.05, 0) is 30.2 Å². The van der Waals surface area contributed by atoms with Gasteiger partial charge in [0.2, 0.25) is 0 Å². The molecule has 0 amide bonds. The largest absolute Gasteiger partial charge is 0.305 e. The number of thioether (sulfide) groups is 1. The van der Waals surface area contributed by atoms with Gasteiger partial charge < -0.3 is 4.57 Å². The van der Waals surface area contributed by atoms with E-state index < -0.39 is 0 Å². The molecule has 0 saturated carbocycles. The Morgan fingerprint density at radius 3 is 2.70 bits per heavy atom. The number of halogens is 2. The molecule has 30 heavy (non-hydrogen) atoms. The standard InChI is InChI=1S/C23H24Cl2N4S/c1-3-4-5-6-7-8-9-17-12-19(15-26-14-17)22-27-28-23(29(22)2)30-16-18-10-11-20(24)21(25)13-18/h10-15H,3-7,16H2,1-2H3. The molecular formula is C23H24Cl2N4S. The van der Waals surface area contributed by atoms with Gasteiger partial charge in [0.1, 0.15) is 0 Å². The van der Waals surface area contributed by atoms with Crippen molar-refractivity contribution in [2.24, 2.45) is 7.05 Å². The third-order valence-corrected chi connectivity index (χ3v) is 6.40. The van der Waals surface area contributed by atoms with Gasteiger partial charge in [0.25, 0.3) is 0 Å². The van der Waals surface area contributed by atoms with Gasteiger partial charge in [0, 0.05) is 42.7 Å². The van der Waals surface area contributed by atoms with Crippen LogP contribution < -0.4 is 0 Å². The maximum Gasteiger partial charge on any atom is 0.191 e. The molecule has 7 heteroatoms. The van der Waals surface area contributed by atoms with Crippen LogP contribution in [0.1, 0.15) is 50.2 Å². The van der Waals surface area contributed by atoms with Crippen LogP contribution in [0.3, 0.4) is 0 Å². The third kappa shape index (κ3) is 6.25. The summed E-state index contributed by atoms with van der Waals surface area (Å²) in [6, 6.07) is 7.67. The average molecular weight is 459 g/mol. The molecule has 3 aromatic rings. The Kier molecular flexibility index (Phi) is 8.62. The van der Waals surface area contributed by atoms with E-state index in [0.29, 0.717) is 10.0 Å². The molecule has 0 N–H and O–H groups in total. The van der Waals surface area contributed by atoms with E-state index in [-0.39, 0.29) is 0 Å². The number of hydrogen-bond donors (Lipinski definition) is 0. The molecule has 0 radical (unpaired) electrons. The highest BCUT2D eigenvalue weighted by Gasteiger charge is 2.12. The normalized spacial score (nSPS) is 10.7. The van der Waals surface area contributed by atoms with Crippen LogP contribution >= 0.6 is 35.0 Å². The molecule has 3 rings (SSSR count). The first-order chi connectivity index (χ1) is 14.6. The topological polar surface area (TPSA) is 43.6 Å². The number of hydrogen-bond acceptors (Lipinski definition) is 4. The van der Waals surface area contributed by atoms with Crippen LogP contribution in [0.2, 0.25) is 10.0 Å². The Bertz CT molecular complexity index is 1050. The van der Waals surface area contributed by atoms with Gasteiger partial charge in [-0.15, -0.1) is 10.2 Å². The Balaban J connectivity index is 1.66. The van der Waals surface area contributed by atoms with Crippen LogP contribution in [-0.2, 0) is 12.8 Å². The average Bonchev–Trinajstić information content (AvgIpc) is 3.12. The van der Waals surface area contributed by atoms with Gasteiger partial charge in [-0.2, -0.15) is 0 Å². The second kappa shape index (κ2) is 11.4. The zero-order chi connectivity index (χ0) is 21.3. The number of nitrogens with zero attached hydrogens (tertiary/aromatic N) is 4. The molecule has 1 aromatic carbocycles. The molecule has 4 nitrogen and oxygen atoms in total. The van der Waals surface area contributed by atoms with Crippen molar-refractivity contribution < 1.29 is 0 Å². The summed E-state index contributed by atoms with van der Waals surface area (Å²) in [7, 11) is 1.96. The zero-order valence-electron chi connectivity index (χ0n) is 17.2. The van der Waals surface area contributed by atoms with Crippen molar-refractivity contribution in [2.75, 3.05) is 0 Å². The Morgan fingerprint density at radius 1 is 1.03 bits per heavy atom. The van der Waals surface area contributed by atoms with Crippen LogP contribution in [0.4, 0.5) is 0 Å². The van der Waals surface area contributed by atoms with Gasteiger partial charge in [0.05, 0.1) is 10.0 Å². The van der Waals surface area contributed by atoms with E-state index in [1.54, 1.807) is 24.2 Å². The van der Waals surface area contributed by atoms with Crippen molar-refractivity contribution in [2.45, 2.75) is 49.9 Å². The van der Waals surface area contributed by atoms with E-state index in [1.165, 1.54) is 19.3 Å². The van der Waals surface area contributed by atoms with Crippen LogP contribution in [-0.4, -0.2) is 19.7 Å². The lowest BCUT2D eigenvalue weighted by atomic mass is 10.1. The lowest BCUT2D eigenvalue weighted by Gasteiger charge is -2.05. The molecule has 0 aliphatic carbocycles. The first kappa shape index (κ1) is 22.7. The van der Waals surface area contributed by atoms with Crippen LogP contribution in [0.15, 0.2) is 41.8 Å². The minimum Gasteiger partial charge on any atom is -0.305 e. The molecule has 0 aliphatic rings. The highest BCUT2D eigenvalue weighted by Crippen LogP contribution is 2.28. The fourth-order valence-corrected chi connectivity index (χ4v) is 4.08. The molecule has 0 unspecified atom stereocenters. The Labute approximate surface area is 192 Å². The zero-order valence-corrected chi connectivity index (χ0v) is 19.5. The molecule has 156 valence electrons. The molecule has 0 bridgehead atoms. The summed E-state index contributed by atoms with van der Waals surface area (Å²) in [5.74, 6) is 7.96. The number of rotatable bonds is 8. The number of benzene rings is 1. The third-order valence-electron chi connectivity index (χ3n) is 4.57. The van der Waals surface area contributed by atoms with Gasteiger partial charge in [-0.25, -0.2) is 0 Å². The van der Waals surface area contributed by atoms with Crippen molar-refractivity contribution in [3.8, 4) is 23.2 Å². The first-order valence-corrected chi connectivity index (χ1v) is 11.7. The van der Waals surface area contributed by atoms with Gasteiger partial charge in [-0.1, -0.05) is 79.1 Å². The number of aromatic nitrogens is 4. The first-order valence-electron chi connectivity index (χ1n) is 9.99. The minimum absolute atomic E-state index is 0.558. The van der Waals surface area contributed by atoms with Crippen LogP contribution in [0, 0.1) is 11.8 Å². The fourth-order valence-electron chi connectivity index (χ4n) is 2.90. The quantitative estimate of drug-likeness (QED) is 0.211.